The molecule has 1 aliphatic carbocycles. The molecule has 1 aromatic carbocycles. The molecule has 2 heterocycles. The minimum absolute atomic E-state index is 0.0486. The molecule has 30 heavy (non-hydrogen) atoms. The van der Waals surface area contributed by atoms with Gasteiger partial charge in [0.1, 0.15) is 11.3 Å². The zero-order valence-corrected chi connectivity index (χ0v) is 17.4. The first-order chi connectivity index (χ1) is 14.6. The van der Waals surface area contributed by atoms with Crippen molar-refractivity contribution < 1.29 is 9.53 Å². The normalized spacial score (nSPS) is 24.3. The lowest BCUT2D eigenvalue weighted by atomic mass is 9.78. The number of nitrogens with zero attached hydrogens (tertiary/aromatic N) is 3. The topological polar surface area (TPSA) is 67.3 Å². The van der Waals surface area contributed by atoms with E-state index in [0.717, 1.165) is 62.1 Å². The number of aromatic nitrogens is 2. The van der Waals surface area contributed by atoms with E-state index in [0.29, 0.717) is 12.3 Å². The van der Waals surface area contributed by atoms with Crippen LogP contribution in [0, 0.1) is 19.3 Å². The van der Waals surface area contributed by atoms with Crippen molar-refractivity contribution >= 4 is 5.91 Å². The molecule has 1 aromatic heterocycles. The number of morpholine rings is 1. The summed E-state index contributed by atoms with van der Waals surface area (Å²) in [6.45, 7) is 4.92. The van der Waals surface area contributed by atoms with Crippen molar-refractivity contribution in [1.82, 2.24) is 20.2 Å². The summed E-state index contributed by atoms with van der Waals surface area (Å²) in [6.07, 6.45) is 12.9. The molecule has 156 valence electrons. The fourth-order valence-electron chi connectivity index (χ4n) is 4.57. The molecule has 0 bridgehead atoms. The van der Waals surface area contributed by atoms with Crippen LogP contribution in [0.15, 0.2) is 36.7 Å². The average molecular weight is 405 g/mol. The molecule has 2 aliphatic rings. The van der Waals surface area contributed by atoms with Crippen LogP contribution in [-0.2, 0) is 11.3 Å². The average Bonchev–Trinajstić information content (AvgIpc) is 2.76. The maximum atomic E-state index is 12.8. The number of nitrogens with one attached hydrogen (secondary N) is 1. The van der Waals surface area contributed by atoms with Crippen molar-refractivity contribution in [1.29, 1.82) is 0 Å². The van der Waals surface area contributed by atoms with E-state index in [1.165, 1.54) is 6.20 Å². The van der Waals surface area contributed by atoms with Gasteiger partial charge in [0.05, 0.1) is 24.5 Å². The summed E-state index contributed by atoms with van der Waals surface area (Å²) < 4.78 is 6.37. The molecule has 1 saturated heterocycles. The van der Waals surface area contributed by atoms with E-state index >= 15 is 0 Å². The molecule has 2 unspecified atom stereocenters. The number of rotatable bonds is 4. The lowest BCUT2D eigenvalue weighted by molar-refractivity contribution is -0.143. The molecule has 6 heteroatoms. The second-order valence-electron chi connectivity index (χ2n) is 8.24. The van der Waals surface area contributed by atoms with Gasteiger partial charge in [-0.2, -0.15) is 0 Å². The maximum Gasteiger partial charge on any atom is 0.271 e. The summed E-state index contributed by atoms with van der Waals surface area (Å²) in [5.41, 5.74) is 2.85. The number of ether oxygens (including phenoxy) is 1. The third-order valence-corrected chi connectivity index (χ3v) is 6.15. The maximum absolute atomic E-state index is 12.8. The van der Waals surface area contributed by atoms with E-state index in [9.17, 15) is 4.79 Å². The Morgan fingerprint density at radius 2 is 2.20 bits per heavy atom. The Morgan fingerprint density at radius 1 is 1.33 bits per heavy atom. The van der Waals surface area contributed by atoms with Crippen molar-refractivity contribution in [3.8, 4) is 12.3 Å². The molecular formula is C24H28N4O2. The predicted molar refractivity (Wildman–Crippen MR) is 115 cm³/mol. The van der Waals surface area contributed by atoms with Crippen LogP contribution >= 0.6 is 0 Å². The van der Waals surface area contributed by atoms with Crippen LogP contribution in [0.25, 0.3) is 0 Å². The molecule has 2 aromatic rings. The molecular weight excluding hydrogens is 376 g/mol. The minimum Gasteiger partial charge on any atom is -0.370 e. The Balaban J connectivity index is 1.49. The molecule has 1 spiro atoms. The van der Waals surface area contributed by atoms with E-state index < -0.39 is 0 Å². The first kappa shape index (κ1) is 20.5. The van der Waals surface area contributed by atoms with E-state index in [1.807, 2.05) is 25.1 Å². The molecule has 1 aliphatic heterocycles. The second kappa shape index (κ2) is 8.95. The van der Waals surface area contributed by atoms with Gasteiger partial charge in [0.25, 0.3) is 5.91 Å². The molecule has 0 radical (unpaired) electrons. The van der Waals surface area contributed by atoms with E-state index in [-0.39, 0.29) is 17.6 Å². The van der Waals surface area contributed by atoms with Crippen LogP contribution in [0.5, 0.6) is 0 Å². The number of hydrogen-bond donors (Lipinski definition) is 1. The summed E-state index contributed by atoms with van der Waals surface area (Å²) in [6, 6.07) is 8.02. The molecule has 2 fully saturated rings. The fraction of sp³-hybridized carbons (Fsp3) is 0.458. The molecule has 2 atom stereocenters. The standard InChI is InChI=1S/C24H28N4O2/c1-3-19-8-4-5-9-20(19)16-28-12-13-30-24(17-28)11-7-6-10-22(24)27-23(29)21-15-25-18(2)14-26-21/h1,4-5,8-9,14-15,22H,6-7,10-13,16-17H2,2H3,(H,27,29). The summed E-state index contributed by atoms with van der Waals surface area (Å²) in [5, 5.41) is 3.20. The first-order valence-corrected chi connectivity index (χ1v) is 10.6. The van der Waals surface area contributed by atoms with Crippen LogP contribution in [0.1, 0.15) is 53.0 Å². The molecule has 6 nitrogen and oxygen atoms in total. The summed E-state index contributed by atoms with van der Waals surface area (Å²) in [5.74, 6) is 2.60. The fourth-order valence-corrected chi connectivity index (χ4v) is 4.57. The van der Waals surface area contributed by atoms with Gasteiger partial charge in [-0.05, 0) is 31.4 Å². The number of aryl methyl sites for hydroxylation is 1. The Hall–Kier alpha value is -2.75. The Morgan fingerprint density at radius 3 is 3.00 bits per heavy atom. The van der Waals surface area contributed by atoms with E-state index in [1.54, 1.807) is 6.20 Å². The minimum atomic E-state index is -0.380. The number of benzene rings is 1. The zero-order chi connectivity index (χ0) is 21.0. The quantitative estimate of drug-likeness (QED) is 0.794. The van der Waals surface area contributed by atoms with Crippen molar-refractivity contribution in [3.05, 3.63) is 59.2 Å². The third-order valence-electron chi connectivity index (χ3n) is 6.15. The highest BCUT2D eigenvalue weighted by Crippen LogP contribution is 2.35. The van der Waals surface area contributed by atoms with Gasteiger partial charge in [-0.3, -0.25) is 14.7 Å². The summed E-state index contributed by atoms with van der Waals surface area (Å²) in [7, 11) is 0. The summed E-state index contributed by atoms with van der Waals surface area (Å²) in [4.78, 5) is 23.6. The van der Waals surface area contributed by atoms with Crippen LogP contribution in [0.3, 0.4) is 0 Å². The van der Waals surface area contributed by atoms with Gasteiger partial charge >= 0.3 is 0 Å². The highest BCUT2D eigenvalue weighted by Gasteiger charge is 2.46. The summed E-state index contributed by atoms with van der Waals surface area (Å²) >= 11 is 0. The van der Waals surface area contributed by atoms with E-state index in [2.05, 4.69) is 32.2 Å². The molecule has 1 N–H and O–H groups in total. The Labute approximate surface area is 178 Å². The van der Waals surface area contributed by atoms with Crippen LogP contribution in [0.4, 0.5) is 0 Å². The first-order valence-electron chi connectivity index (χ1n) is 10.6. The lowest BCUT2D eigenvalue weighted by Crippen LogP contribution is -2.64. The number of terminal acetylenes is 1. The van der Waals surface area contributed by atoms with Crippen molar-refractivity contribution in [2.24, 2.45) is 0 Å². The monoisotopic (exact) mass is 404 g/mol. The highest BCUT2D eigenvalue weighted by molar-refractivity contribution is 5.92. The highest BCUT2D eigenvalue weighted by atomic mass is 16.5. The van der Waals surface area contributed by atoms with Crippen LogP contribution < -0.4 is 5.32 Å². The van der Waals surface area contributed by atoms with Gasteiger partial charge < -0.3 is 10.1 Å². The number of carbonyl (C=O) groups is 1. The smallest absolute Gasteiger partial charge is 0.271 e. The van der Waals surface area contributed by atoms with Crippen molar-refractivity contribution in [2.75, 3.05) is 19.7 Å². The number of hydrogen-bond acceptors (Lipinski definition) is 5. The molecule has 1 saturated carbocycles. The third kappa shape index (κ3) is 4.38. The molecule has 1 amide bonds. The Kier molecular flexibility index (Phi) is 6.12. The molecule has 4 rings (SSSR count). The predicted octanol–water partition coefficient (Wildman–Crippen LogP) is 2.71. The van der Waals surface area contributed by atoms with Gasteiger partial charge in [-0.1, -0.05) is 37.0 Å². The van der Waals surface area contributed by atoms with Gasteiger partial charge in [0.15, 0.2) is 0 Å². The van der Waals surface area contributed by atoms with E-state index in [4.69, 9.17) is 11.2 Å². The van der Waals surface area contributed by atoms with Crippen LogP contribution in [0.2, 0.25) is 0 Å². The largest absolute Gasteiger partial charge is 0.370 e. The van der Waals surface area contributed by atoms with Gasteiger partial charge in [-0.15, -0.1) is 6.42 Å². The van der Waals surface area contributed by atoms with Crippen molar-refractivity contribution in [2.45, 2.75) is 50.8 Å². The number of amides is 1. The SMILES string of the molecule is C#Cc1ccccc1CN1CCOC2(CCCCC2NC(=O)c2cnc(C)cn2)C1. The Bertz CT molecular complexity index is 933. The second-order valence-corrected chi connectivity index (χ2v) is 8.24. The van der Waals surface area contributed by atoms with Gasteiger partial charge in [0, 0.05) is 31.4 Å². The van der Waals surface area contributed by atoms with Gasteiger partial charge in [0.2, 0.25) is 0 Å². The van der Waals surface area contributed by atoms with Crippen molar-refractivity contribution in [3.63, 3.8) is 0 Å². The van der Waals surface area contributed by atoms with Gasteiger partial charge in [-0.25, -0.2) is 4.98 Å². The lowest BCUT2D eigenvalue weighted by Gasteiger charge is -2.49. The zero-order valence-electron chi connectivity index (χ0n) is 17.4. The number of carbonyl (C=O) groups excluding carboxylic acids is 1. The van der Waals surface area contributed by atoms with Crippen LogP contribution in [-0.4, -0.2) is 52.1 Å².